The van der Waals surface area contributed by atoms with Gasteiger partial charge in [-0.1, -0.05) is 39.3 Å². The Bertz CT molecular complexity index is 844. The maximum absolute atomic E-state index is 12.6. The van der Waals surface area contributed by atoms with Crippen LogP contribution in [0.15, 0.2) is 24.3 Å². The fourth-order valence-corrected chi connectivity index (χ4v) is 3.91. The molecule has 0 aromatic heterocycles. The molecule has 1 fully saturated rings. The minimum Gasteiger partial charge on any atom is -0.494 e. The highest BCUT2D eigenvalue weighted by molar-refractivity contribution is 5.76. The maximum atomic E-state index is 12.6. The number of ether oxygens (including phenoxy) is 2. The largest absolute Gasteiger partial charge is 0.494 e. The summed E-state index contributed by atoms with van der Waals surface area (Å²) in [5.41, 5.74) is 0.716. The van der Waals surface area contributed by atoms with Gasteiger partial charge >= 0.3 is 12.1 Å². The smallest absolute Gasteiger partial charge is 0.490 e. The summed E-state index contributed by atoms with van der Waals surface area (Å²) in [6, 6.07) is 6.88. The summed E-state index contributed by atoms with van der Waals surface area (Å²) in [5, 5.41) is 31.0. The Hall–Kier alpha value is -2.48. The van der Waals surface area contributed by atoms with Crippen LogP contribution in [-0.4, -0.2) is 96.5 Å². The highest BCUT2D eigenvalue weighted by atomic mass is 19.4. The van der Waals surface area contributed by atoms with Crippen molar-refractivity contribution >= 4 is 11.9 Å². The Balaban J connectivity index is 0.00000177. The number of amides is 1. The first-order valence-electron chi connectivity index (χ1n) is 13.5. The highest BCUT2D eigenvalue weighted by Gasteiger charge is 2.38. The van der Waals surface area contributed by atoms with E-state index < -0.39 is 31.0 Å². The van der Waals surface area contributed by atoms with Gasteiger partial charge in [-0.25, -0.2) is 9.18 Å². The lowest BCUT2D eigenvalue weighted by atomic mass is 10.0. The molecule has 1 heterocycles. The summed E-state index contributed by atoms with van der Waals surface area (Å²) < 4.78 is 54.6. The lowest BCUT2D eigenvalue weighted by molar-refractivity contribution is -0.192. The molecule has 0 spiro atoms. The Morgan fingerprint density at radius 2 is 1.76 bits per heavy atom. The number of carboxylic acid groups (broad SMARTS) is 1. The number of hydrogen-bond acceptors (Lipinski definition) is 7. The van der Waals surface area contributed by atoms with E-state index in [9.17, 15) is 32.6 Å². The van der Waals surface area contributed by atoms with Gasteiger partial charge in [0.15, 0.2) is 0 Å². The molecular weight excluding hydrogens is 552 g/mol. The number of nitrogens with zero attached hydrogens (tertiary/aromatic N) is 1. The number of carbonyl (C=O) groups is 2. The lowest BCUT2D eigenvalue weighted by Crippen LogP contribution is -2.47. The standard InChI is InChI=1S/C25H41FN2O5.C2HF3O2.CH4/c1-2-3-16-33-22-10-8-20(9-11-22)25(31)23(19-28-14-12-21(29)18-28)27-24(30)7-5-4-6-15-32-17-13-26;3-2(4,5)1(6)7;/h8-11,21,23,25,29,31H,2-7,12-19H2,1H3,(H,27,30);(H,6,7);1H4/t21-,23-,25-;;/m1../s1. The van der Waals surface area contributed by atoms with Gasteiger partial charge in [0.05, 0.1) is 25.4 Å². The summed E-state index contributed by atoms with van der Waals surface area (Å²) in [7, 11) is 0. The zero-order valence-electron chi connectivity index (χ0n) is 22.9. The Morgan fingerprint density at radius 3 is 2.29 bits per heavy atom. The normalized spacial score (nSPS) is 16.6. The van der Waals surface area contributed by atoms with Crippen molar-refractivity contribution in [1.82, 2.24) is 10.2 Å². The molecule has 1 aliphatic rings. The number of aliphatic hydroxyl groups excluding tert-OH is 2. The van der Waals surface area contributed by atoms with Crippen LogP contribution in [0.25, 0.3) is 0 Å². The maximum Gasteiger partial charge on any atom is 0.490 e. The van der Waals surface area contributed by atoms with Crippen molar-refractivity contribution in [3.05, 3.63) is 29.8 Å². The molecule has 0 saturated carbocycles. The van der Waals surface area contributed by atoms with Crippen molar-refractivity contribution < 1.29 is 51.9 Å². The molecule has 238 valence electrons. The van der Waals surface area contributed by atoms with Gasteiger partial charge in [-0.15, -0.1) is 0 Å². The summed E-state index contributed by atoms with van der Waals surface area (Å²) >= 11 is 0. The topological polar surface area (TPSA) is 129 Å². The molecule has 9 nitrogen and oxygen atoms in total. The van der Waals surface area contributed by atoms with E-state index in [-0.39, 0.29) is 26.0 Å². The number of benzene rings is 1. The monoisotopic (exact) mass is 598 g/mol. The van der Waals surface area contributed by atoms with Crippen molar-refractivity contribution in [2.24, 2.45) is 0 Å². The van der Waals surface area contributed by atoms with Gasteiger partial charge in [0.2, 0.25) is 5.91 Å². The first-order valence-corrected chi connectivity index (χ1v) is 13.5. The second kappa shape index (κ2) is 21.3. The number of likely N-dealkylation sites (tertiary alicyclic amines) is 1. The van der Waals surface area contributed by atoms with Crippen molar-refractivity contribution in [2.75, 3.05) is 46.1 Å². The number of alkyl halides is 4. The molecule has 0 unspecified atom stereocenters. The van der Waals surface area contributed by atoms with Crippen LogP contribution >= 0.6 is 0 Å². The second-order valence-electron chi connectivity index (χ2n) is 9.51. The van der Waals surface area contributed by atoms with Gasteiger partial charge in [-0.2, -0.15) is 13.2 Å². The van der Waals surface area contributed by atoms with E-state index in [2.05, 4.69) is 17.1 Å². The summed E-state index contributed by atoms with van der Waals surface area (Å²) in [6.07, 6.45) is -0.878. The first-order chi connectivity index (χ1) is 19.0. The second-order valence-corrected chi connectivity index (χ2v) is 9.51. The van der Waals surface area contributed by atoms with E-state index in [1.54, 1.807) is 0 Å². The number of hydrogen-bond donors (Lipinski definition) is 4. The quantitative estimate of drug-likeness (QED) is 0.155. The number of unbranched alkanes of at least 4 members (excludes halogenated alkanes) is 3. The minimum atomic E-state index is -5.08. The summed E-state index contributed by atoms with van der Waals surface area (Å²) in [6.45, 7) is 4.67. The molecule has 1 aromatic rings. The van der Waals surface area contributed by atoms with Gasteiger partial charge in [0, 0.05) is 32.7 Å². The number of rotatable bonds is 17. The van der Waals surface area contributed by atoms with Gasteiger partial charge < -0.3 is 30.1 Å². The van der Waals surface area contributed by atoms with Crippen LogP contribution in [-0.2, 0) is 14.3 Å². The predicted octanol–water partition coefficient (Wildman–Crippen LogP) is 4.27. The molecule has 0 aliphatic carbocycles. The fraction of sp³-hybridized carbons (Fsp3) is 0.714. The van der Waals surface area contributed by atoms with Gasteiger partial charge in [-0.3, -0.25) is 9.69 Å². The average Bonchev–Trinajstić information content (AvgIpc) is 3.32. The molecule has 3 atom stereocenters. The number of aliphatic hydroxyl groups is 2. The number of aliphatic carboxylic acids is 1. The Kier molecular flexibility index (Phi) is 20.0. The van der Waals surface area contributed by atoms with E-state index in [1.165, 1.54) is 0 Å². The van der Waals surface area contributed by atoms with Crippen molar-refractivity contribution in [2.45, 2.75) is 83.7 Å². The van der Waals surface area contributed by atoms with Crippen LogP contribution in [0.1, 0.15) is 71.0 Å². The molecule has 2 rings (SSSR count). The van der Waals surface area contributed by atoms with Crippen molar-refractivity contribution in [1.29, 1.82) is 0 Å². The van der Waals surface area contributed by atoms with Crippen LogP contribution < -0.4 is 10.1 Å². The van der Waals surface area contributed by atoms with Crippen LogP contribution in [0.3, 0.4) is 0 Å². The van der Waals surface area contributed by atoms with Gasteiger partial charge in [-0.05, 0) is 43.4 Å². The predicted molar refractivity (Wildman–Crippen MR) is 146 cm³/mol. The Morgan fingerprint density at radius 1 is 1.10 bits per heavy atom. The fourth-order valence-electron chi connectivity index (χ4n) is 3.91. The molecule has 41 heavy (non-hydrogen) atoms. The molecule has 0 radical (unpaired) electrons. The van der Waals surface area contributed by atoms with Crippen LogP contribution in [0.5, 0.6) is 5.75 Å². The highest BCUT2D eigenvalue weighted by Crippen LogP contribution is 2.23. The van der Waals surface area contributed by atoms with Crippen LogP contribution in [0, 0.1) is 0 Å². The Labute approximate surface area is 239 Å². The lowest BCUT2D eigenvalue weighted by Gasteiger charge is -2.29. The zero-order chi connectivity index (χ0) is 30.0. The van der Waals surface area contributed by atoms with Crippen LogP contribution in [0.2, 0.25) is 0 Å². The third-order valence-electron chi connectivity index (χ3n) is 6.07. The number of halogens is 4. The third kappa shape index (κ3) is 17.2. The number of carbonyl (C=O) groups excluding carboxylic acids is 1. The average molecular weight is 599 g/mol. The first kappa shape index (κ1) is 38.5. The summed E-state index contributed by atoms with van der Waals surface area (Å²) in [4.78, 5) is 23.5. The van der Waals surface area contributed by atoms with Crippen LogP contribution in [0.4, 0.5) is 17.6 Å². The molecule has 13 heteroatoms. The molecule has 1 amide bonds. The van der Waals surface area contributed by atoms with Gasteiger partial charge in [0.25, 0.3) is 0 Å². The molecule has 0 bridgehead atoms. The number of nitrogens with one attached hydrogen (secondary N) is 1. The minimum absolute atomic E-state index is 0. The van der Waals surface area contributed by atoms with Crippen molar-refractivity contribution in [3.8, 4) is 5.75 Å². The third-order valence-corrected chi connectivity index (χ3v) is 6.07. The molecular formula is C28H46F4N2O7. The van der Waals surface area contributed by atoms with Crippen molar-refractivity contribution in [3.63, 3.8) is 0 Å². The van der Waals surface area contributed by atoms with E-state index in [0.717, 1.165) is 38.0 Å². The molecule has 1 aliphatic heterocycles. The van der Waals surface area contributed by atoms with Gasteiger partial charge in [0.1, 0.15) is 18.5 Å². The molecule has 4 N–H and O–H groups in total. The van der Waals surface area contributed by atoms with E-state index >= 15 is 0 Å². The number of carboxylic acids is 1. The summed E-state index contributed by atoms with van der Waals surface area (Å²) in [5.74, 6) is -2.10. The molecule has 1 aromatic carbocycles. The zero-order valence-corrected chi connectivity index (χ0v) is 22.9. The van der Waals surface area contributed by atoms with E-state index in [1.807, 2.05) is 24.3 Å². The SMILES string of the molecule is C.CCCCOc1ccc([C@@H](O)[C@@H](CN2CC[C@@H](O)C2)NC(=O)CCCCCOCCF)cc1.O=C(O)C(F)(F)F. The number of β-amino-alcohol motifs (C(OH)–C–C–N with tert-alkyl or cyclic N) is 1. The van der Waals surface area contributed by atoms with E-state index in [0.29, 0.717) is 51.1 Å². The van der Waals surface area contributed by atoms with E-state index in [4.69, 9.17) is 19.4 Å². The molecule has 1 saturated heterocycles.